The molecule has 0 aliphatic rings. The zero-order valence-corrected chi connectivity index (χ0v) is 11.7. The van der Waals surface area contributed by atoms with E-state index in [9.17, 15) is 9.90 Å². The van der Waals surface area contributed by atoms with Crippen LogP contribution in [0.5, 0.6) is 5.88 Å². The van der Waals surface area contributed by atoms with Gasteiger partial charge in [0.2, 0.25) is 0 Å². The second kappa shape index (κ2) is 5.40. The van der Waals surface area contributed by atoms with Gasteiger partial charge in [-0.25, -0.2) is 0 Å². The maximum absolute atomic E-state index is 11.7. The molecule has 0 radical (unpaired) electrons. The number of H-pyrrole nitrogens is 2. The highest BCUT2D eigenvalue weighted by Gasteiger charge is 2.08. The van der Waals surface area contributed by atoms with E-state index in [0.717, 1.165) is 5.56 Å². The lowest BCUT2D eigenvalue weighted by Gasteiger charge is -2.07. The highest BCUT2D eigenvalue weighted by Crippen LogP contribution is 2.17. The number of aromatic amines is 2. The third-order valence-corrected chi connectivity index (χ3v) is 3.25. The van der Waals surface area contributed by atoms with Gasteiger partial charge in [0.1, 0.15) is 0 Å². The van der Waals surface area contributed by atoms with E-state index in [1.54, 1.807) is 0 Å². The first-order valence-electron chi connectivity index (χ1n) is 6.10. The minimum atomic E-state index is -0.353. The van der Waals surface area contributed by atoms with Gasteiger partial charge in [-0.15, -0.1) is 0 Å². The van der Waals surface area contributed by atoms with Gasteiger partial charge in [-0.1, -0.05) is 38.1 Å². The van der Waals surface area contributed by atoms with E-state index < -0.39 is 0 Å². The van der Waals surface area contributed by atoms with Crippen LogP contribution in [0.2, 0.25) is 0 Å². The summed E-state index contributed by atoms with van der Waals surface area (Å²) >= 11 is 4.79. The van der Waals surface area contributed by atoms with Crippen LogP contribution in [0.15, 0.2) is 29.1 Å². The Labute approximate surface area is 116 Å². The summed E-state index contributed by atoms with van der Waals surface area (Å²) in [6.45, 7) is 4.26. The monoisotopic (exact) mass is 276 g/mol. The first-order chi connectivity index (χ1) is 8.97. The molecule has 2 aromatic rings. The fraction of sp³-hybridized carbons (Fsp3) is 0.286. The predicted octanol–water partition coefficient (Wildman–Crippen LogP) is 2.85. The summed E-state index contributed by atoms with van der Waals surface area (Å²) in [5.41, 5.74) is 2.16. The summed E-state index contributed by atoms with van der Waals surface area (Å²) in [7, 11) is 0. The van der Waals surface area contributed by atoms with Crippen LogP contribution in [0.1, 0.15) is 36.5 Å². The lowest BCUT2D eigenvalue weighted by molar-refractivity contribution is 0.443. The Bertz CT molecular complexity index is 684. The Balaban J connectivity index is 2.31. The van der Waals surface area contributed by atoms with Gasteiger partial charge in [-0.3, -0.25) is 9.78 Å². The van der Waals surface area contributed by atoms with Gasteiger partial charge in [-0.05, 0) is 29.3 Å². The van der Waals surface area contributed by atoms with Gasteiger partial charge in [0, 0.05) is 6.42 Å². The third kappa shape index (κ3) is 3.12. The van der Waals surface area contributed by atoms with Gasteiger partial charge < -0.3 is 10.1 Å². The fourth-order valence-corrected chi connectivity index (χ4v) is 2.08. The molecule has 100 valence electrons. The lowest BCUT2D eigenvalue weighted by Crippen LogP contribution is -2.14. The molecule has 2 rings (SSSR count). The first kappa shape index (κ1) is 13.5. The van der Waals surface area contributed by atoms with E-state index >= 15 is 0 Å². The summed E-state index contributed by atoms with van der Waals surface area (Å²) < 4.78 is 0.126. The van der Waals surface area contributed by atoms with Crippen molar-refractivity contribution in [1.82, 2.24) is 9.97 Å². The smallest absolute Gasteiger partial charge is 0.259 e. The van der Waals surface area contributed by atoms with Crippen molar-refractivity contribution in [1.29, 1.82) is 0 Å². The second-order valence-corrected chi connectivity index (χ2v) is 5.22. The molecule has 0 spiro atoms. The average Bonchev–Trinajstić information content (AvgIpc) is 2.34. The Morgan fingerprint density at radius 2 is 1.84 bits per heavy atom. The van der Waals surface area contributed by atoms with Crippen molar-refractivity contribution >= 4 is 12.2 Å². The Hall–Kier alpha value is -1.88. The van der Waals surface area contributed by atoms with Crippen molar-refractivity contribution in [2.24, 2.45) is 0 Å². The summed E-state index contributed by atoms with van der Waals surface area (Å²) in [5.74, 6) is 0.306. The molecule has 0 bridgehead atoms. The molecule has 3 N–H and O–H groups in total. The Morgan fingerprint density at radius 1 is 1.21 bits per heavy atom. The number of hydrogen-bond donors (Lipinski definition) is 3. The number of rotatable bonds is 3. The average molecular weight is 276 g/mol. The number of nitrogens with one attached hydrogen (secondary N) is 2. The van der Waals surface area contributed by atoms with Gasteiger partial charge in [-0.2, -0.15) is 0 Å². The molecule has 1 aromatic carbocycles. The molecule has 0 atom stereocenters. The maximum atomic E-state index is 11.7. The van der Waals surface area contributed by atoms with Gasteiger partial charge >= 0.3 is 0 Å². The highest BCUT2D eigenvalue weighted by atomic mass is 32.1. The molecule has 1 aromatic heterocycles. The zero-order valence-electron chi connectivity index (χ0n) is 10.9. The quantitative estimate of drug-likeness (QED) is 0.755. The number of benzene rings is 1. The van der Waals surface area contributed by atoms with Gasteiger partial charge in [0.25, 0.3) is 5.56 Å². The Kier molecular flexibility index (Phi) is 3.85. The molecule has 1 heterocycles. The second-order valence-electron chi connectivity index (χ2n) is 4.81. The molecule has 0 amide bonds. The van der Waals surface area contributed by atoms with Crippen molar-refractivity contribution in [3.8, 4) is 5.88 Å². The van der Waals surface area contributed by atoms with E-state index in [1.165, 1.54) is 5.56 Å². The summed E-state index contributed by atoms with van der Waals surface area (Å²) in [6, 6.07) is 8.01. The molecule has 0 aliphatic carbocycles. The zero-order chi connectivity index (χ0) is 14.0. The van der Waals surface area contributed by atoms with Crippen molar-refractivity contribution < 1.29 is 5.11 Å². The van der Waals surface area contributed by atoms with Crippen molar-refractivity contribution in [3.05, 3.63) is 56.1 Å². The van der Waals surface area contributed by atoms with Crippen LogP contribution in [-0.4, -0.2) is 15.1 Å². The minimum Gasteiger partial charge on any atom is -0.494 e. The SMILES string of the molecule is CC(C)c1ccc(Cc2c(O)[nH]c(=S)[nH]c2=O)cc1. The van der Waals surface area contributed by atoms with Crippen LogP contribution in [0.25, 0.3) is 0 Å². The van der Waals surface area contributed by atoms with Crippen LogP contribution in [0.4, 0.5) is 0 Å². The molecular weight excluding hydrogens is 260 g/mol. The number of hydrogen-bond acceptors (Lipinski definition) is 3. The van der Waals surface area contributed by atoms with E-state index in [0.29, 0.717) is 17.9 Å². The van der Waals surface area contributed by atoms with Gasteiger partial charge in [0.05, 0.1) is 5.56 Å². The van der Waals surface area contributed by atoms with E-state index in [-0.39, 0.29) is 16.2 Å². The van der Waals surface area contributed by atoms with E-state index in [1.807, 2.05) is 24.3 Å². The Morgan fingerprint density at radius 3 is 2.37 bits per heavy atom. The minimum absolute atomic E-state index is 0.126. The van der Waals surface area contributed by atoms with Crippen LogP contribution < -0.4 is 5.56 Å². The maximum Gasteiger partial charge on any atom is 0.259 e. The van der Waals surface area contributed by atoms with E-state index in [2.05, 4.69) is 23.8 Å². The topological polar surface area (TPSA) is 68.9 Å². The van der Waals surface area contributed by atoms with E-state index in [4.69, 9.17) is 12.2 Å². The highest BCUT2D eigenvalue weighted by molar-refractivity contribution is 7.71. The van der Waals surface area contributed by atoms with Crippen LogP contribution in [-0.2, 0) is 6.42 Å². The standard InChI is InChI=1S/C14H16N2O2S/c1-8(2)10-5-3-9(4-6-10)7-11-12(17)15-14(19)16-13(11)18/h3-6,8H,7H2,1-2H3,(H3,15,16,17,18,19). The van der Waals surface area contributed by atoms with Crippen molar-refractivity contribution in [2.75, 3.05) is 0 Å². The molecule has 0 fully saturated rings. The molecule has 0 saturated carbocycles. The van der Waals surface area contributed by atoms with Crippen LogP contribution in [0.3, 0.4) is 0 Å². The molecule has 5 heteroatoms. The van der Waals surface area contributed by atoms with Crippen LogP contribution >= 0.6 is 12.2 Å². The fourth-order valence-electron chi connectivity index (χ4n) is 1.89. The van der Waals surface area contributed by atoms with Gasteiger partial charge in [0.15, 0.2) is 10.7 Å². The summed E-state index contributed by atoms with van der Waals surface area (Å²) in [6.07, 6.45) is 0.367. The molecule has 4 nitrogen and oxygen atoms in total. The summed E-state index contributed by atoms with van der Waals surface area (Å²) in [5, 5.41) is 9.73. The van der Waals surface area contributed by atoms with Crippen molar-refractivity contribution in [3.63, 3.8) is 0 Å². The summed E-state index contributed by atoms with van der Waals surface area (Å²) in [4.78, 5) is 16.8. The predicted molar refractivity (Wildman–Crippen MR) is 77.2 cm³/mol. The molecular formula is C14H16N2O2S. The number of aromatic hydroxyl groups is 1. The number of aromatic nitrogens is 2. The third-order valence-electron chi connectivity index (χ3n) is 3.05. The van der Waals surface area contributed by atoms with Crippen molar-refractivity contribution in [2.45, 2.75) is 26.2 Å². The lowest BCUT2D eigenvalue weighted by atomic mass is 9.99. The van der Waals surface area contributed by atoms with Crippen LogP contribution in [0, 0.1) is 4.77 Å². The normalized spacial score (nSPS) is 10.9. The molecule has 0 aliphatic heterocycles. The largest absolute Gasteiger partial charge is 0.494 e. The molecule has 0 unspecified atom stereocenters. The molecule has 0 saturated heterocycles. The first-order valence-corrected chi connectivity index (χ1v) is 6.51. The molecule has 19 heavy (non-hydrogen) atoms.